The fourth-order valence-corrected chi connectivity index (χ4v) is 7.44. The van der Waals surface area contributed by atoms with Crippen molar-refractivity contribution in [3.8, 4) is 0 Å². The number of nitrogens with zero attached hydrogens (tertiary/aromatic N) is 4. The number of likely N-dealkylation sites (N-methyl/N-ethyl adjacent to an activating group) is 1. The number of sulfone groups is 1. The van der Waals surface area contributed by atoms with Crippen LogP contribution in [0.25, 0.3) is 0 Å². The van der Waals surface area contributed by atoms with Crippen molar-refractivity contribution in [3.05, 3.63) is 41.2 Å². The maximum Gasteiger partial charge on any atom is 0.241 e. The first kappa shape index (κ1) is 23.3. The fraction of sp³-hybridized carbons (Fsp3) is 0.565. The van der Waals surface area contributed by atoms with Gasteiger partial charge >= 0.3 is 0 Å². The number of carbonyl (C=O) groups is 1. The molecule has 1 aromatic heterocycles. The standard InChI is InChI=1S/C23H32N4O3S2/c1-16-9-11-26(21-7-5-6-8-22(21)31-16)23(28)14-25(4)13-20-17(2)24-27(18(20)3)19-10-12-32(29,30)15-19/h5-8,16,19H,9-15H2,1-4H3/t16-,19-/m1/s1. The molecule has 1 amide bonds. The van der Waals surface area contributed by atoms with Crippen LogP contribution >= 0.6 is 11.8 Å². The van der Waals surface area contributed by atoms with Crippen molar-refractivity contribution in [1.82, 2.24) is 14.7 Å². The first-order valence-corrected chi connectivity index (χ1v) is 13.8. The molecule has 7 nitrogen and oxygen atoms in total. The van der Waals surface area contributed by atoms with Gasteiger partial charge in [-0.3, -0.25) is 14.4 Å². The summed E-state index contributed by atoms with van der Waals surface area (Å²) in [5, 5.41) is 5.13. The largest absolute Gasteiger partial charge is 0.310 e. The molecule has 0 unspecified atom stereocenters. The highest BCUT2D eigenvalue weighted by Crippen LogP contribution is 2.37. The Labute approximate surface area is 195 Å². The average Bonchev–Trinajstić information content (AvgIpc) is 3.15. The van der Waals surface area contributed by atoms with E-state index in [4.69, 9.17) is 0 Å². The second-order valence-electron chi connectivity index (χ2n) is 9.05. The van der Waals surface area contributed by atoms with E-state index in [1.807, 2.05) is 65.3 Å². The number of rotatable bonds is 5. The number of aromatic nitrogens is 2. The lowest BCUT2D eigenvalue weighted by Gasteiger charge is -2.25. The van der Waals surface area contributed by atoms with Gasteiger partial charge in [0.25, 0.3) is 0 Å². The zero-order valence-electron chi connectivity index (χ0n) is 19.2. The molecule has 2 aromatic rings. The maximum atomic E-state index is 13.3. The summed E-state index contributed by atoms with van der Waals surface area (Å²) in [5.41, 5.74) is 3.97. The Bertz CT molecular complexity index is 1110. The fourth-order valence-electron chi connectivity index (χ4n) is 4.64. The lowest BCUT2D eigenvalue weighted by Crippen LogP contribution is -2.39. The third kappa shape index (κ3) is 4.89. The topological polar surface area (TPSA) is 75.5 Å². The molecule has 0 spiro atoms. The molecule has 3 heterocycles. The van der Waals surface area contributed by atoms with Crippen molar-refractivity contribution < 1.29 is 13.2 Å². The molecule has 2 aliphatic rings. The molecule has 32 heavy (non-hydrogen) atoms. The molecule has 174 valence electrons. The van der Waals surface area contributed by atoms with Crippen LogP contribution in [0.4, 0.5) is 5.69 Å². The number of thioether (sulfide) groups is 1. The Balaban J connectivity index is 1.46. The first-order chi connectivity index (χ1) is 15.1. The van der Waals surface area contributed by atoms with Crippen molar-refractivity contribution >= 4 is 33.2 Å². The van der Waals surface area contributed by atoms with E-state index in [0.717, 1.165) is 40.5 Å². The van der Waals surface area contributed by atoms with Gasteiger partial charge in [-0.15, -0.1) is 11.8 Å². The van der Waals surface area contributed by atoms with Gasteiger partial charge in [-0.2, -0.15) is 5.10 Å². The van der Waals surface area contributed by atoms with Crippen LogP contribution in [0, 0.1) is 13.8 Å². The van der Waals surface area contributed by atoms with Crippen molar-refractivity contribution in [2.24, 2.45) is 0 Å². The van der Waals surface area contributed by atoms with Crippen LogP contribution in [-0.4, -0.2) is 65.9 Å². The summed E-state index contributed by atoms with van der Waals surface area (Å²) in [4.78, 5) is 18.4. The number of para-hydroxylation sites is 1. The Morgan fingerprint density at radius 2 is 2.00 bits per heavy atom. The minimum atomic E-state index is -2.97. The molecule has 2 atom stereocenters. The molecular formula is C23H32N4O3S2. The Morgan fingerprint density at radius 1 is 1.25 bits per heavy atom. The first-order valence-electron chi connectivity index (χ1n) is 11.1. The molecule has 0 saturated carbocycles. The normalized spacial score (nSPS) is 22.7. The molecule has 1 saturated heterocycles. The lowest BCUT2D eigenvalue weighted by atomic mass is 10.1. The van der Waals surface area contributed by atoms with E-state index in [2.05, 4.69) is 18.1 Å². The monoisotopic (exact) mass is 476 g/mol. The summed E-state index contributed by atoms with van der Waals surface area (Å²) in [6.45, 7) is 7.81. The second kappa shape index (κ2) is 9.19. The van der Waals surface area contributed by atoms with Gasteiger partial charge in [-0.1, -0.05) is 19.1 Å². The number of hydrogen-bond donors (Lipinski definition) is 0. The van der Waals surface area contributed by atoms with Gasteiger partial charge in [-0.25, -0.2) is 8.42 Å². The number of aryl methyl sites for hydroxylation is 1. The van der Waals surface area contributed by atoms with Crippen LogP contribution < -0.4 is 4.90 Å². The van der Waals surface area contributed by atoms with E-state index in [1.54, 1.807) is 0 Å². The number of fused-ring (bicyclic) bond motifs is 1. The SMILES string of the molecule is Cc1nn([C@@H]2CCS(=O)(=O)C2)c(C)c1CN(C)CC(=O)N1CC[C@@H](C)Sc2ccccc21. The molecule has 1 aromatic carbocycles. The Hall–Kier alpha value is -1.84. The molecule has 0 aliphatic carbocycles. The highest BCUT2D eigenvalue weighted by atomic mass is 32.2. The summed E-state index contributed by atoms with van der Waals surface area (Å²) in [5.74, 6) is 0.487. The summed E-state index contributed by atoms with van der Waals surface area (Å²) < 4.78 is 25.7. The third-order valence-electron chi connectivity index (χ3n) is 6.41. The molecule has 0 radical (unpaired) electrons. The smallest absolute Gasteiger partial charge is 0.241 e. The zero-order valence-corrected chi connectivity index (χ0v) is 20.9. The van der Waals surface area contributed by atoms with Crippen molar-refractivity contribution in [1.29, 1.82) is 0 Å². The van der Waals surface area contributed by atoms with Gasteiger partial charge in [0.05, 0.1) is 35.5 Å². The van der Waals surface area contributed by atoms with E-state index < -0.39 is 9.84 Å². The van der Waals surface area contributed by atoms with Gasteiger partial charge in [0.15, 0.2) is 9.84 Å². The molecule has 1 fully saturated rings. The quantitative estimate of drug-likeness (QED) is 0.660. The van der Waals surface area contributed by atoms with E-state index >= 15 is 0 Å². The number of carbonyl (C=O) groups excluding carboxylic acids is 1. The molecule has 4 rings (SSSR count). The predicted octanol–water partition coefficient (Wildman–Crippen LogP) is 3.21. The van der Waals surface area contributed by atoms with Gasteiger partial charge in [0, 0.05) is 34.5 Å². The van der Waals surface area contributed by atoms with E-state index in [1.165, 1.54) is 0 Å². The van der Waals surface area contributed by atoms with Crippen LogP contribution in [0.1, 0.15) is 42.8 Å². The second-order valence-corrected chi connectivity index (χ2v) is 12.8. The lowest BCUT2D eigenvalue weighted by molar-refractivity contribution is -0.119. The number of anilines is 1. The van der Waals surface area contributed by atoms with Crippen molar-refractivity contribution in [2.75, 3.05) is 36.5 Å². The van der Waals surface area contributed by atoms with Crippen molar-refractivity contribution in [3.63, 3.8) is 0 Å². The van der Waals surface area contributed by atoms with Crippen LogP contribution in [0.3, 0.4) is 0 Å². The van der Waals surface area contributed by atoms with Crippen LogP contribution in [0.15, 0.2) is 29.2 Å². The Kier molecular flexibility index (Phi) is 6.70. The Morgan fingerprint density at radius 3 is 2.72 bits per heavy atom. The molecule has 2 aliphatic heterocycles. The molecular weight excluding hydrogens is 444 g/mol. The van der Waals surface area contributed by atoms with Crippen molar-refractivity contribution in [2.45, 2.75) is 56.3 Å². The number of benzene rings is 1. The van der Waals surface area contributed by atoms with Crippen LogP contribution in [-0.2, 0) is 21.2 Å². The predicted molar refractivity (Wildman–Crippen MR) is 129 cm³/mol. The average molecular weight is 477 g/mol. The van der Waals surface area contributed by atoms with Gasteiger partial charge in [0.1, 0.15) is 0 Å². The van der Waals surface area contributed by atoms with Crippen LogP contribution in [0.2, 0.25) is 0 Å². The summed E-state index contributed by atoms with van der Waals surface area (Å²) >= 11 is 1.83. The van der Waals surface area contributed by atoms with E-state index in [9.17, 15) is 13.2 Å². The third-order valence-corrected chi connectivity index (χ3v) is 9.39. The summed E-state index contributed by atoms with van der Waals surface area (Å²) in [6.07, 6.45) is 1.58. The number of hydrogen-bond acceptors (Lipinski definition) is 6. The highest BCUT2D eigenvalue weighted by molar-refractivity contribution is 8.00. The summed E-state index contributed by atoms with van der Waals surface area (Å²) in [7, 11) is -1.02. The van der Waals surface area contributed by atoms with Crippen LogP contribution in [0.5, 0.6) is 0 Å². The maximum absolute atomic E-state index is 13.3. The molecule has 0 N–H and O–H groups in total. The highest BCUT2D eigenvalue weighted by Gasteiger charge is 2.32. The van der Waals surface area contributed by atoms with Gasteiger partial charge in [0.2, 0.25) is 5.91 Å². The zero-order chi connectivity index (χ0) is 23.0. The minimum Gasteiger partial charge on any atom is -0.310 e. The van der Waals surface area contributed by atoms with E-state index in [0.29, 0.717) is 24.8 Å². The molecule has 9 heteroatoms. The molecule has 0 bridgehead atoms. The van der Waals surface area contributed by atoms with Gasteiger partial charge < -0.3 is 4.90 Å². The van der Waals surface area contributed by atoms with E-state index in [-0.39, 0.29) is 23.5 Å². The minimum absolute atomic E-state index is 0.0903. The number of amides is 1. The summed E-state index contributed by atoms with van der Waals surface area (Å²) in [6, 6.07) is 8.05. The van der Waals surface area contributed by atoms with Gasteiger partial charge in [-0.05, 0) is 45.9 Å².